The number of piperidine rings is 1. The number of halogens is 3. The number of alkyl halides is 3. The first kappa shape index (κ1) is 17.0. The minimum absolute atomic E-state index is 0.0100. The van der Waals surface area contributed by atoms with Crippen LogP contribution in [-0.4, -0.2) is 24.5 Å². The molecule has 1 fully saturated rings. The summed E-state index contributed by atoms with van der Waals surface area (Å²) in [5, 5.41) is 0. The van der Waals surface area contributed by atoms with Crippen LogP contribution in [0.4, 0.5) is 13.2 Å². The molecular formula is C20H22F3N. The van der Waals surface area contributed by atoms with Crippen LogP contribution in [0.1, 0.15) is 35.4 Å². The molecule has 0 aromatic heterocycles. The topological polar surface area (TPSA) is 3.24 Å². The number of nitrogens with zero attached hydrogens (tertiary/aromatic N) is 1. The Morgan fingerprint density at radius 1 is 0.875 bits per heavy atom. The Labute approximate surface area is 141 Å². The van der Waals surface area contributed by atoms with Crippen LogP contribution < -0.4 is 0 Å². The fourth-order valence-electron chi connectivity index (χ4n) is 3.51. The maximum absolute atomic E-state index is 13.2. The molecule has 0 amide bonds. The highest BCUT2D eigenvalue weighted by Crippen LogP contribution is 2.38. The van der Waals surface area contributed by atoms with Crippen LogP contribution in [0, 0.1) is 0 Å². The first-order chi connectivity index (χ1) is 11.5. The van der Waals surface area contributed by atoms with E-state index in [0.29, 0.717) is 5.56 Å². The highest BCUT2D eigenvalue weighted by Gasteiger charge is 2.35. The van der Waals surface area contributed by atoms with Crippen LogP contribution in [0.15, 0.2) is 54.6 Å². The summed E-state index contributed by atoms with van der Waals surface area (Å²) >= 11 is 0. The van der Waals surface area contributed by atoms with Crippen molar-refractivity contribution in [1.82, 2.24) is 4.90 Å². The molecule has 3 rings (SSSR count). The second-order valence-electron chi connectivity index (χ2n) is 6.44. The second-order valence-corrected chi connectivity index (χ2v) is 6.44. The highest BCUT2D eigenvalue weighted by molar-refractivity contribution is 5.33. The van der Waals surface area contributed by atoms with E-state index in [1.165, 1.54) is 17.7 Å². The molecule has 1 heterocycles. The maximum atomic E-state index is 13.2. The average Bonchev–Trinajstić information content (AvgIpc) is 2.61. The molecule has 0 spiro atoms. The zero-order valence-corrected chi connectivity index (χ0v) is 13.6. The molecule has 24 heavy (non-hydrogen) atoms. The molecule has 1 saturated heterocycles. The third-order valence-corrected chi connectivity index (χ3v) is 4.85. The molecule has 0 unspecified atom stereocenters. The Morgan fingerprint density at radius 3 is 2.17 bits per heavy atom. The lowest BCUT2D eigenvalue weighted by molar-refractivity contribution is -0.138. The maximum Gasteiger partial charge on any atom is 0.416 e. The van der Waals surface area contributed by atoms with Gasteiger partial charge in [-0.2, -0.15) is 13.2 Å². The summed E-state index contributed by atoms with van der Waals surface area (Å²) in [5.41, 5.74) is 1.31. The number of likely N-dealkylation sites (tertiary alicyclic amines) is 1. The molecule has 0 aliphatic carbocycles. The summed E-state index contributed by atoms with van der Waals surface area (Å²) in [7, 11) is 0. The molecule has 1 aliphatic heterocycles. The van der Waals surface area contributed by atoms with Crippen molar-refractivity contribution in [3.05, 3.63) is 71.3 Å². The smallest absolute Gasteiger partial charge is 0.303 e. The van der Waals surface area contributed by atoms with E-state index in [1.54, 1.807) is 12.1 Å². The van der Waals surface area contributed by atoms with Crippen molar-refractivity contribution < 1.29 is 13.2 Å². The van der Waals surface area contributed by atoms with Crippen LogP contribution in [0.3, 0.4) is 0 Å². The molecule has 128 valence electrons. The van der Waals surface area contributed by atoms with Gasteiger partial charge in [0.25, 0.3) is 0 Å². The third kappa shape index (κ3) is 4.18. The molecule has 0 radical (unpaired) electrons. The monoisotopic (exact) mass is 333 g/mol. The van der Waals surface area contributed by atoms with E-state index in [4.69, 9.17) is 0 Å². The first-order valence-corrected chi connectivity index (χ1v) is 8.46. The van der Waals surface area contributed by atoms with E-state index in [9.17, 15) is 13.2 Å². The molecule has 0 bridgehead atoms. The van der Waals surface area contributed by atoms with Gasteiger partial charge in [0.1, 0.15) is 0 Å². The number of benzene rings is 2. The first-order valence-electron chi connectivity index (χ1n) is 8.46. The normalized spacial score (nSPS) is 17.1. The Balaban J connectivity index is 1.58. The standard InChI is InChI=1S/C20H22F3N/c21-20(22,23)19-9-5-4-8-18(19)17-11-14-24(15-12-17)13-10-16-6-2-1-3-7-16/h1-9,17H,10-15H2. The third-order valence-electron chi connectivity index (χ3n) is 4.85. The van der Waals surface area contributed by atoms with Crippen molar-refractivity contribution in [3.63, 3.8) is 0 Å². The van der Waals surface area contributed by atoms with Gasteiger partial charge in [-0.15, -0.1) is 0 Å². The van der Waals surface area contributed by atoms with Gasteiger partial charge in [0, 0.05) is 6.54 Å². The number of rotatable bonds is 4. The molecule has 0 atom stereocenters. The van der Waals surface area contributed by atoms with Crippen LogP contribution in [0.2, 0.25) is 0 Å². The molecule has 0 N–H and O–H groups in total. The summed E-state index contributed by atoms with van der Waals surface area (Å²) in [4.78, 5) is 2.36. The van der Waals surface area contributed by atoms with Crippen LogP contribution >= 0.6 is 0 Å². The van der Waals surface area contributed by atoms with E-state index in [2.05, 4.69) is 17.0 Å². The van der Waals surface area contributed by atoms with E-state index in [0.717, 1.165) is 38.9 Å². The van der Waals surface area contributed by atoms with Crippen molar-refractivity contribution in [2.45, 2.75) is 31.4 Å². The van der Waals surface area contributed by atoms with Gasteiger partial charge in [-0.3, -0.25) is 0 Å². The van der Waals surface area contributed by atoms with Gasteiger partial charge in [0.15, 0.2) is 0 Å². The zero-order chi connectivity index (χ0) is 17.0. The SMILES string of the molecule is FC(F)(F)c1ccccc1C1CCN(CCc2ccccc2)CC1. The van der Waals surface area contributed by atoms with Crippen LogP contribution in [0.25, 0.3) is 0 Å². The van der Waals surface area contributed by atoms with Crippen LogP contribution in [-0.2, 0) is 12.6 Å². The Morgan fingerprint density at radius 2 is 1.50 bits per heavy atom. The summed E-state index contributed by atoms with van der Waals surface area (Å²) in [6, 6.07) is 16.4. The molecule has 2 aromatic rings. The molecule has 0 saturated carbocycles. The van der Waals surface area contributed by atoms with E-state index in [-0.39, 0.29) is 5.92 Å². The Bertz CT molecular complexity index is 643. The minimum atomic E-state index is -4.26. The summed E-state index contributed by atoms with van der Waals surface area (Å²) < 4.78 is 39.5. The zero-order valence-electron chi connectivity index (χ0n) is 13.6. The molecule has 2 aromatic carbocycles. The van der Waals surface area contributed by atoms with Crippen molar-refractivity contribution in [2.75, 3.05) is 19.6 Å². The molecule has 4 heteroatoms. The van der Waals surface area contributed by atoms with Crippen molar-refractivity contribution in [3.8, 4) is 0 Å². The van der Waals surface area contributed by atoms with Gasteiger partial charge >= 0.3 is 6.18 Å². The van der Waals surface area contributed by atoms with E-state index in [1.807, 2.05) is 18.2 Å². The molecule has 1 aliphatic rings. The summed E-state index contributed by atoms with van der Waals surface area (Å²) in [6.07, 6.45) is -1.69. The van der Waals surface area contributed by atoms with Gasteiger partial charge in [-0.05, 0) is 55.5 Å². The fourth-order valence-corrected chi connectivity index (χ4v) is 3.51. The van der Waals surface area contributed by atoms with Gasteiger partial charge in [-0.1, -0.05) is 48.5 Å². The predicted octanol–water partition coefficient (Wildman–Crippen LogP) is 5.13. The van der Waals surface area contributed by atoms with Crippen molar-refractivity contribution in [1.29, 1.82) is 0 Å². The van der Waals surface area contributed by atoms with Gasteiger partial charge < -0.3 is 4.90 Å². The van der Waals surface area contributed by atoms with E-state index >= 15 is 0 Å². The number of hydrogen-bond acceptors (Lipinski definition) is 1. The largest absolute Gasteiger partial charge is 0.416 e. The Hall–Kier alpha value is -1.81. The quantitative estimate of drug-likeness (QED) is 0.750. The van der Waals surface area contributed by atoms with Crippen molar-refractivity contribution >= 4 is 0 Å². The fraction of sp³-hybridized carbons (Fsp3) is 0.400. The second kappa shape index (κ2) is 7.39. The van der Waals surface area contributed by atoms with Crippen LogP contribution in [0.5, 0.6) is 0 Å². The van der Waals surface area contributed by atoms with Crippen molar-refractivity contribution in [2.24, 2.45) is 0 Å². The Kier molecular flexibility index (Phi) is 5.24. The van der Waals surface area contributed by atoms with Gasteiger partial charge in [0.05, 0.1) is 5.56 Å². The highest BCUT2D eigenvalue weighted by atomic mass is 19.4. The average molecular weight is 333 g/mol. The number of hydrogen-bond donors (Lipinski definition) is 0. The lowest BCUT2D eigenvalue weighted by Gasteiger charge is -2.33. The minimum Gasteiger partial charge on any atom is -0.303 e. The van der Waals surface area contributed by atoms with E-state index < -0.39 is 11.7 Å². The molecule has 1 nitrogen and oxygen atoms in total. The summed E-state index contributed by atoms with van der Waals surface area (Å²) in [6.45, 7) is 2.70. The predicted molar refractivity (Wildman–Crippen MR) is 90.0 cm³/mol. The van der Waals surface area contributed by atoms with Gasteiger partial charge in [-0.25, -0.2) is 0 Å². The van der Waals surface area contributed by atoms with Gasteiger partial charge in [0.2, 0.25) is 0 Å². The molecular weight excluding hydrogens is 311 g/mol. The lowest BCUT2D eigenvalue weighted by atomic mass is 9.86. The lowest BCUT2D eigenvalue weighted by Crippen LogP contribution is -2.34. The summed E-state index contributed by atoms with van der Waals surface area (Å²) in [5.74, 6) is 0.0100.